The van der Waals surface area contributed by atoms with Crippen LogP contribution in [0.4, 0.5) is 4.39 Å². The van der Waals surface area contributed by atoms with Crippen molar-refractivity contribution in [3.05, 3.63) is 30.1 Å². The molecular weight excluding hydrogens is 305 g/mol. The normalized spacial score (nSPS) is 19.1. The predicted octanol–water partition coefficient (Wildman–Crippen LogP) is 1.02. The van der Waals surface area contributed by atoms with Crippen LogP contribution < -0.4 is 0 Å². The first-order valence-electron chi connectivity index (χ1n) is 6.16. The van der Waals surface area contributed by atoms with Crippen LogP contribution in [0, 0.1) is 5.82 Å². The number of sulfonamides is 1. The summed E-state index contributed by atoms with van der Waals surface area (Å²) in [7, 11) is -6.81. The van der Waals surface area contributed by atoms with E-state index < -0.39 is 30.9 Å². The summed E-state index contributed by atoms with van der Waals surface area (Å²) in [5, 5.41) is -0.484. The van der Waals surface area contributed by atoms with Crippen molar-refractivity contribution in [2.24, 2.45) is 0 Å². The Kier molecular flexibility index (Phi) is 4.17. The molecular formula is C12H16FNO4S2. The molecule has 0 aliphatic carbocycles. The lowest BCUT2D eigenvalue weighted by molar-refractivity contribution is 0.346. The van der Waals surface area contributed by atoms with Gasteiger partial charge in [0.05, 0.1) is 10.1 Å². The maximum atomic E-state index is 12.8. The highest BCUT2D eigenvalue weighted by Gasteiger charge is 2.32. The molecule has 1 heterocycles. The second-order valence-corrected chi connectivity index (χ2v) is 9.15. The van der Waals surface area contributed by atoms with Gasteiger partial charge in [-0.15, -0.1) is 0 Å². The maximum absolute atomic E-state index is 12.8. The van der Waals surface area contributed by atoms with Crippen molar-refractivity contribution < 1.29 is 21.2 Å². The smallest absolute Gasteiger partial charge is 0.229 e. The first kappa shape index (κ1) is 15.4. The standard InChI is InChI=1S/C12H16FNO4S2/c1-19(15,16)11-6-8-14(9-7-11)20(17,18)12-4-2-10(13)3-5-12/h2-5,11H,6-9H2,1H3. The largest absolute Gasteiger partial charge is 0.243 e. The van der Waals surface area contributed by atoms with E-state index in [0.29, 0.717) is 12.8 Å². The van der Waals surface area contributed by atoms with Gasteiger partial charge in [0.1, 0.15) is 15.7 Å². The molecule has 20 heavy (non-hydrogen) atoms. The van der Waals surface area contributed by atoms with Crippen molar-refractivity contribution in [1.82, 2.24) is 4.31 Å². The Morgan fingerprint density at radius 3 is 2.00 bits per heavy atom. The van der Waals surface area contributed by atoms with E-state index in [0.717, 1.165) is 12.1 Å². The summed E-state index contributed by atoms with van der Waals surface area (Å²) < 4.78 is 61.6. The molecule has 1 fully saturated rings. The van der Waals surface area contributed by atoms with Gasteiger partial charge in [-0.25, -0.2) is 21.2 Å². The summed E-state index contributed by atoms with van der Waals surface area (Å²) in [5.74, 6) is -0.500. The second kappa shape index (κ2) is 5.42. The Bertz CT molecular complexity index is 675. The van der Waals surface area contributed by atoms with Crippen LogP contribution in [0.3, 0.4) is 0 Å². The Hall–Kier alpha value is -0.990. The van der Waals surface area contributed by atoms with Gasteiger partial charge in [0.2, 0.25) is 10.0 Å². The molecule has 0 unspecified atom stereocenters. The van der Waals surface area contributed by atoms with E-state index >= 15 is 0 Å². The van der Waals surface area contributed by atoms with Crippen LogP contribution in [0.2, 0.25) is 0 Å². The lowest BCUT2D eigenvalue weighted by Gasteiger charge is -2.30. The number of nitrogens with zero attached hydrogens (tertiary/aromatic N) is 1. The molecule has 8 heteroatoms. The molecule has 0 saturated carbocycles. The highest BCUT2D eigenvalue weighted by Crippen LogP contribution is 2.23. The summed E-state index contributed by atoms with van der Waals surface area (Å²) >= 11 is 0. The van der Waals surface area contributed by atoms with Crippen LogP contribution in [-0.4, -0.2) is 45.7 Å². The first-order valence-corrected chi connectivity index (χ1v) is 9.55. The molecule has 1 saturated heterocycles. The quantitative estimate of drug-likeness (QED) is 0.833. The van der Waals surface area contributed by atoms with Crippen LogP contribution in [0.5, 0.6) is 0 Å². The van der Waals surface area contributed by atoms with Crippen molar-refractivity contribution in [3.63, 3.8) is 0 Å². The number of piperidine rings is 1. The monoisotopic (exact) mass is 321 g/mol. The fraction of sp³-hybridized carbons (Fsp3) is 0.500. The van der Waals surface area contributed by atoms with E-state index in [9.17, 15) is 21.2 Å². The number of halogens is 1. The van der Waals surface area contributed by atoms with Crippen LogP contribution in [0.1, 0.15) is 12.8 Å². The number of hydrogen-bond donors (Lipinski definition) is 0. The van der Waals surface area contributed by atoms with Gasteiger partial charge in [0.15, 0.2) is 0 Å². The van der Waals surface area contributed by atoms with E-state index in [2.05, 4.69) is 0 Å². The van der Waals surface area contributed by atoms with Gasteiger partial charge < -0.3 is 0 Å². The number of rotatable bonds is 3. The average molecular weight is 321 g/mol. The molecule has 0 atom stereocenters. The van der Waals surface area contributed by atoms with Crippen LogP contribution >= 0.6 is 0 Å². The zero-order chi connectivity index (χ0) is 15.0. The molecule has 0 spiro atoms. The molecule has 2 rings (SSSR count). The third-order valence-corrected chi connectivity index (χ3v) is 7.05. The average Bonchev–Trinajstić information content (AvgIpc) is 2.38. The molecule has 1 aromatic carbocycles. The fourth-order valence-electron chi connectivity index (χ4n) is 2.26. The molecule has 1 aliphatic heterocycles. The van der Waals surface area contributed by atoms with Crippen molar-refractivity contribution in [2.45, 2.75) is 23.0 Å². The zero-order valence-electron chi connectivity index (χ0n) is 11.0. The van der Waals surface area contributed by atoms with Gasteiger partial charge in [0.25, 0.3) is 0 Å². The third-order valence-electron chi connectivity index (χ3n) is 3.46. The zero-order valence-corrected chi connectivity index (χ0v) is 12.6. The van der Waals surface area contributed by atoms with Gasteiger partial charge >= 0.3 is 0 Å². The maximum Gasteiger partial charge on any atom is 0.243 e. The topological polar surface area (TPSA) is 71.5 Å². The number of sulfone groups is 1. The summed E-state index contributed by atoms with van der Waals surface area (Å²) in [5.41, 5.74) is 0. The van der Waals surface area contributed by atoms with Gasteiger partial charge in [-0.3, -0.25) is 0 Å². The van der Waals surface area contributed by atoms with Crippen molar-refractivity contribution >= 4 is 19.9 Å². The molecule has 0 aromatic heterocycles. The van der Waals surface area contributed by atoms with E-state index in [4.69, 9.17) is 0 Å². The fourth-order valence-corrected chi connectivity index (χ4v) is 4.79. The van der Waals surface area contributed by atoms with Crippen molar-refractivity contribution in [3.8, 4) is 0 Å². The van der Waals surface area contributed by atoms with Crippen molar-refractivity contribution in [2.75, 3.05) is 19.3 Å². The van der Waals surface area contributed by atoms with Crippen molar-refractivity contribution in [1.29, 1.82) is 0 Å². The van der Waals surface area contributed by atoms with Gasteiger partial charge in [-0.1, -0.05) is 0 Å². The molecule has 0 amide bonds. The van der Waals surface area contributed by atoms with Crippen LogP contribution in [0.25, 0.3) is 0 Å². The summed E-state index contributed by atoms with van der Waals surface area (Å²) in [6.07, 6.45) is 1.75. The molecule has 0 bridgehead atoms. The Morgan fingerprint density at radius 1 is 1.05 bits per heavy atom. The van der Waals surface area contributed by atoms with E-state index in [-0.39, 0.29) is 18.0 Å². The lowest BCUT2D eigenvalue weighted by atomic mass is 10.2. The highest BCUT2D eigenvalue weighted by molar-refractivity contribution is 7.91. The van der Waals surface area contributed by atoms with Gasteiger partial charge in [0, 0.05) is 19.3 Å². The minimum atomic E-state index is -3.68. The first-order chi connectivity index (χ1) is 9.21. The minimum absolute atomic E-state index is 0.0247. The van der Waals surface area contributed by atoms with Gasteiger partial charge in [-0.2, -0.15) is 4.31 Å². The predicted molar refractivity (Wildman–Crippen MR) is 73.0 cm³/mol. The molecule has 1 aliphatic rings. The molecule has 5 nitrogen and oxygen atoms in total. The summed E-state index contributed by atoms with van der Waals surface area (Å²) in [4.78, 5) is 0.0247. The second-order valence-electron chi connectivity index (χ2n) is 4.89. The van der Waals surface area contributed by atoms with Gasteiger partial charge in [-0.05, 0) is 37.1 Å². The van der Waals surface area contributed by atoms with Crippen LogP contribution in [0.15, 0.2) is 29.2 Å². The molecule has 0 radical (unpaired) electrons. The van der Waals surface area contributed by atoms with E-state index in [1.807, 2.05) is 0 Å². The molecule has 1 aromatic rings. The summed E-state index contributed by atoms with van der Waals surface area (Å²) in [6.45, 7) is 0.328. The Labute approximate surface area is 118 Å². The van der Waals surface area contributed by atoms with Crippen LogP contribution in [-0.2, 0) is 19.9 Å². The molecule has 112 valence electrons. The minimum Gasteiger partial charge on any atom is -0.229 e. The van der Waals surface area contributed by atoms with E-state index in [1.54, 1.807) is 0 Å². The summed E-state index contributed by atoms with van der Waals surface area (Å²) in [6, 6.07) is 4.62. The number of hydrogen-bond acceptors (Lipinski definition) is 4. The third kappa shape index (κ3) is 3.18. The number of benzene rings is 1. The molecule has 0 N–H and O–H groups in total. The SMILES string of the molecule is CS(=O)(=O)C1CCN(S(=O)(=O)c2ccc(F)cc2)CC1. The lowest BCUT2D eigenvalue weighted by Crippen LogP contribution is -2.42. The Balaban J connectivity index is 2.15. The Morgan fingerprint density at radius 2 is 1.55 bits per heavy atom. The van der Waals surface area contributed by atoms with E-state index in [1.165, 1.54) is 22.7 Å². The highest BCUT2D eigenvalue weighted by atomic mass is 32.2.